The van der Waals surface area contributed by atoms with Crippen LogP contribution in [0, 0.1) is 0 Å². The average Bonchev–Trinajstić information content (AvgIpc) is 3.17. The first-order chi connectivity index (χ1) is 12.8. The number of piperidine rings is 1. The summed E-state index contributed by atoms with van der Waals surface area (Å²) in [6, 6.07) is 6.63. The number of H-pyrrole nitrogens is 1. The summed E-state index contributed by atoms with van der Waals surface area (Å²) in [5.41, 5.74) is 0.802. The summed E-state index contributed by atoms with van der Waals surface area (Å²) in [4.78, 5) is 29.4. The fourth-order valence-electron chi connectivity index (χ4n) is 3.01. The van der Waals surface area contributed by atoms with Crippen molar-refractivity contribution in [2.45, 2.75) is 23.5 Å². The minimum Gasteiger partial charge on any atom is -0.391 e. The van der Waals surface area contributed by atoms with Gasteiger partial charge in [0.2, 0.25) is 0 Å². The summed E-state index contributed by atoms with van der Waals surface area (Å²) in [5.74, 6) is -0.602. The first-order valence-corrected chi connectivity index (χ1v) is 10.4. The summed E-state index contributed by atoms with van der Waals surface area (Å²) in [6.45, 7) is 0.596. The van der Waals surface area contributed by atoms with Crippen LogP contribution >= 0.6 is 0 Å². The molecule has 27 heavy (non-hydrogen) atoms. The van der Waals surface area contributed by atoms with Crippen LogP contribution in [-0.4, -0.2) is 66.7 Å². The summed E-state index contributed by atoms with van der Waals surface area (Å²) in [6.07, 6.45) is 3.94. The number of carbonyl (C=O) groups is 2. The van der Waals surface area contributed by atoms with Crippen molar-refractivity contribution in [3.05, 3.63) is 53.9 Å². The van der Waals surface area contributed by atoms with E-state index in [0.717, 1.165) is 6.26 Å². The zero-order chi connectivity index (χ0) is 19.6. The van der Waals surface area contributed by atoms with Gasteiger partial charge >= 0.3 is 0 Å². The second kappa shape index (κ2) is 7.53. The van der Waals surface area contributed by atoms with Crippen LogP contribution in [0.1, 0.15) is 27.1 Å². The normalized spacial score (nSPS) is 20.3. The summed E-state index contributed by atoms with van der Waals surface area (Å²) in [5, 5.41) is 12.9. The van der Waals surface area contributed by atoms with E-state index in [0.29, 0.717) is 18.5 Å². The molecule has 2 atom stereocenters. The number of aliphatic hydroxyl groups is 1. The van der Waals surface area contributed by atoms with Crippen LogP contribution in [-0.2, 0) is 9.84 Å². The largest absolute Gasteiger partial charge is 0.391 e. The molecule has 0 unspecified atom stereocenters. The van der Waals surface area contributed by atoms with Crippen molar-refractivity contribution >= 4 is 21.7 Å². The number of hydrogen-bond acceptors (Lipinski definition) is 5. The third-order valence-electron chi connectivity index (χ3n) is 4.57. The number of sulfone groups is 1. The lowest BCUT2D eigenvalue weighted by molar-refractivity contribution is 0.0359. The van der Waals surface area contributed by atoms with E-state index in [1.807, 2.05) is 0 Å². The monoisotopic (exact) mass is 391 g/mol. The fourth-order valence-corrected chi connectivity index (χ4v) is 3.64. The molecule has 0 radical (unpaired) electrons. The number of carbonyl (C=O) groups excluding carboxylic acids is 2. The first-order valence-electron chi connectivity index (χ1n) is 8.47. The van der Waals surface area contributed by atoms with Gasteiger partial charge in [-0.1, -0.05) is 0 Å². The van der Waals surface area contributed by atoms with Crippen LogP contribution in [0.5, 0.6) is 0 Å². The minimum atomic E-state index is -3.34. The fraction of sp³-hybridized carbons (Fsp3) is 0.333. The van der Waals surface area contributed by atoms with Crippen molar-refractivity contribution in [1.29, 1.82) is 0 Å². The lowest BCUT2D eigenvalue weighted by Gasteiger charge is -2.36. The van der Waals surface area contributed by atoms with E-state index < -0.39 is 27.9 Å². The molecule has 1 saturated heterocycles. The van der Waals surface area contributed by atoms with E-state index in [9.17, 15) is 23.1 Å². The molecule has 2 heterocycles. The molecule has 1 fully saturated rings. The molecule has 0 spiro atoms. The van der Waals surface area contributed by atoms with E-state index >= 15 is 0 Å². The number of hydrogen-bond donors (Lipinski definition) is 3. The molecule has 0 aliphatic carbocycles. The van der Waals surface area contributed by atoms with Gasteiger partial charge in [0.1, 0.15) is 0 Å². The SMILES string of the molecule is CS(=O)(=O)c1ccc(C(=O)N[C@@H]2CN(C(=O)c3cc[nH]c3)CC[C@@H]2O)cc1. The van der Waals surface area contributed by atoms with Crippen molar-refractivity contribution in [2.24, 2.45) is 0 Å². The summed E-state index contributed by atoms with van der Waals surface area (Å²) in [7, 11) is -3.34. The maximum absolute atomic E-state index is 12.5. The van der Waals surface area contributed by atoms with Gasteiger partial charge in [0.25, 0.3) is 11.8 Å². The summed E-state index contributed by atoms with van der Waals surface area (Å²) < 4.78 is 23.0. The van der Waals surface area contributed by atoms with E-state index in [-0.39, 0.29) is 22.9 Å². The topological polar surface area (TPSA) is 120 Å². The van der Waals surface area contributed by atoms with E-state index in [4.69, 9.17) is 0 Å². The molecule has 2 amide bonds. The number of aromatic nitrogens is 1. The Morgan fingerprint density at radius 3 is 2.48 bits per heavy atom. The predicted molar refractivity (Wildman–Crippen MR) is 98.1 cm³/mol. The van der Waals surface area contributed by atoms with Crippen LogP contribution in [0.3, 0.4) is 0 Å². The van der Waals surface area contributed by atoms with E-state index in [1.165, 1.54) is 24.3 Å². The van der Waals surface area contributed by atoms with Gasteiger partial charge in [-0.05, 0) is 36.8 Å². The Labute approximate surface area is 157 Å². The third kappa shape index (κ3) is 4.37. The molecule has 1 aromatic carbocycles. The standard InChI is InChI=1S/C18H21N3O5S/c1-27(25,26)14-4-2-12(3-5-14)17(23)20-15-11-21(9-7-16(15)22)18(24)13-6-8-19-10-13/h2-6,8,10,15-16,19,22H,7,9,11H2,1H3,(H,20,23)/t15-,16+/m1/s1. The van der Waals surface area contributed by atoms with Gasteiger partial charge in [0.05, 0.1) is 22.6 Å². The number of nitrogens with zero attached hydrogens (tertiary/aromatic N) is 1. The highest BCUT2D eigenvalue weighted by Crippen LogP contribution is 2.16. The molecule has 3 N–H and O–H groups in total. The number of rotatable bonds is 4. The Morgan fingerprint density at radius 1 is 1.19 bits per heavy atom. The zero-order valence-corrected chi connectivity index (χ0v) is 15.6. The van der Waals surface area contributed by atoms with Crippen molar-refractivity contribution in [3.8, 4) is 0 Å². The Bertz CT molecular complexity index is 922. The molecular weight excluding hydrogens is 370 g/mol. The molecule has 8 nitrogen and oxygen atoms in total. The second-order valence-electron chi connectivity index (χ2n) is 6.58. The quantitative estimate of drug-likeness (QED) is 0.698. The smallest absolute Gasteiger partial charge is 0.255 e. The van der Waals surface area contributed by atoms with Crippen LogP contribution in [0.4, 0.5) is 0 Å². The van der Waals surface area contributed by atoms with E-state index in [2.05, 4.69) is 10.3 Å². The van der Waals surface area contributed by atoms with Gasteiger partial charge in [-0.3, -0.25) is 9.59 Å². The molecule has 9 heteroatoms. The maximum atomic E-state index is 12.5. The summed E-state index contributed by atoms with van der Waals surface area (Å²) >= 11 is 0. The van der Waals surface area contributed by atoms with Gasteiger partial charge in [-0.25, -0.2) is 8.42 Å². The van der Waals surface area contributed by atoms with Crippen molar-refractivity contribution in [2.75, 3.05) is 19.3 Å². The highest BCUT2D eigenvalue weighted by molar-refractivity contribution is 7.90. The van der Waals surface area contributed by atoms with Crippen LogP contribution in [0.2, 0.25) is 0 Å². The van der Waals surface area contributed by atoms with Crippen molar-refractivity contribution < 1.29 is 23.1 Å². The number of aliphatic hydroxyl groups excluding tert-OH is 1. The van der Waals surface area contributed by atoms with Gasteiger partial charge in [-0.2, -0.15) is 0 Å². The molecule has 1 aliphatic heterocycles. The van der Waals surface area contributed by atoms with Gasteiger partial charge < -0.3 is 20.3 Å². The Hall–Kier alpha value is -2.65. The number of likely N-dealkylation sites (tertiary alicyclic amines) is 1. The third-order valence-corrected chi connectivity index (χ3v) is 5.70. The number of amides is 2. The molecule has 0 saturated carbocycles. The average molecular weight is 391 g/mol. The van der Waals surface area contributed by atoms with Gasteiger partial charge in [0.15, 0.2) is 9.84 Å². The van der Waals surface area contributed by atoms with Crippen LogP contribution in [0.15, 0.2) is 47.6 Å². The first kappa shape index (κ1) is 19.1. The number of nitrogens with one attached hydrogen (secondary N) is 2. The second-order valence-corrected chi connectivity index (χ2v) is 8.60. The van der Waals surface area contributed by atoms with Gasteiger partial charge in [0, 0.05) is 37.3 Å². The molecular formula is C18H21N3O5S. The number of benzene rings is 1. The van der Waals surface area contributed by atoms with Crippen molar-refractivity contribution in [3.63, 3.8) is 0 Å². The number of aromatic amines is 1. The molecule has 1 aromatic heterocycles. The highest BCUT2D eigenvalue weighted by Gasteiger charge is 2.32. The Kier molecular flexibility index (Phi) is 5.33. The molecule has 2 aromatic rings. The maximum Gasteiger partial charge on any atom is 0.255 e. The molecule has 1 aliphatic rings. The molecule has 3 rings (SSSR count). The lowest BCUT2D eigenvalue weighted by Crippen LogP contribution is -2.56. The van der Waals surface area contributed by atoms with Crippen LogP contribution < -0.4 is 5.32 Å². The Morgan fingerprint density at radius 2 is 1.89 bits per heavy atom. The Balaban J connectivity index is 1.68. The highest BCUT2D eigenvalue weighted by atomic mass is 32.2. The van der Waals surface area contributed by atoms with Gasteiger partial charge in [-0.15, -0.1) is 0 Å². The molecule has 144 valence electrons. The van der Waals surface area contributed by atoms with Crippen molar-refractivity contribution in [1.82, 2.24) is 15.2 Å². The lowest BCUT2D eigenvalue weighted by atomic mass is 10.0. The molecule has 0 bridgehead atoms. The van der Waals surface area contributed by atoms with E-state index in [1.54, 1.807) is 23.4 Å². The predicted octanol–water partition coefficient (Wildman–Crippen LogP) is 0.424. The zero-order valence-electron chi connectivity index (χ0n) is 14.8. The minimum absolute atomic E-state index is 0.125. The van der Waals surface area contributed by atoms with Crippen LogP contribution in [0.25, 0.3) is 0 Å².